The number of hydrogen-bond acceptors (Lipinski definition) is 2. The van der Waals surface area contributed by atoms with Crippen molar-refractivity contribution in [1.29, 1.82) is 0 Å². The van der Waals surface area contributed by atoms with Crippen molar-refractivity contribution in [3.63, 3.8) is 0 Å². The van der Waals surface area contributed by atoms with Crippen molar-refractivity contribution in [3.05, 3.63) is 29.7 Å². The van der Waals surface area contributed by atoms with Gasteiger partial charge in [-0.05, 0) is 0 Å². The molecule has 0 saturated heterocycles. The van der Waals surface area contributed by atoms with Gasteiger partial charge >= 0.3 is 91.2 Å². The fraction of sp³-hybridized carbons (Fsp3) is 0.200. The van der Waals surface area contributed by atoms with E-state index in [1.165, 1.54) is 5.56 Å². The van der Waals surface area contributed by atoms with Gasteiger partial charge in [-0.25, -0.2) is 0 Å². The topological polar surface area (TPSA) is 41.6 Å². The van der Waals surface area contributed by atoms with Crippen molar-refractivity contribution in [2.75, 3.05) is 0 Å². The Balaban J connectivity index is 2.57. The number of nitrogens with one attached hydrogen (secondary N) is 1. The minimum atomic E-state index is 1.03. The fourth-order valence-electron chi connectivity index (χ4n) is 1.48. The van der Waals surface area contributed by atoms with Gasteiger partial charge in [0.15, 0.2) is 0 Å². The molecule has 2 aromatic heterocycles. The van der Waals surface area contributed by atoms with Crippen LogP contribution in [0.1, 0.15) is 11.4 Å². The van der Waals surface area contributed by atoms with E-state index in [1.807, 2.05) is 20.0 Å². The Morgan fingerprint density at radius 3 is 2.36 bits per heavy atom. The Kier molecular flexibility index (Phi) is 2.42. The first kappa shape index (κ1) is 9.47. The van der Waals surface area contributed by atoms with E-state index in [9.17, 15) is 0 Å². The second-order valence-corrected chi connectivity index (χ2v) is 4.21. The molecule has 2 radical (unpaired) electrons. The van der Waals surface area contributed by atoms with Crippen LogP contribution < -0.4 is 4.48 Å². The zero-order chi connectivity index (χ0) is 10.1. The van der Waals surface area contributed by atoms with Gasteiger partial charge < -0.3 is 0 Å². The molecule has 3 nitrogen and oxygen atoms in total. The third-order valence-corrected chi connectivity index (χ3v) is 2.73. The van der Waals surface area contributed by atoms with Crippen LogP contribution in [-0.4, -0.2) is 32.0 Å². The molecule has 0 aromatic carbocycles. The van der Waals surface area contributed by atoms with E-state index in [-0.39, 0.29) is 0 Å². The quantitative estimate of drug-likeness (QED) is 0.760. The fourth-order valence-corrected chi connectivity index (χ4v) is 1.99. The van der Waals surface area contributed by atoms with Crippen LogP contribution in [0.5, 0.6) is 0 Å². The predicted octanol–water partition coefficient (Wildman–Crippen LogP) is 0.882. The van der Waals surface area contributed by atoms with Crippen LogP contribution in [0.2, 0.25) is 0 Å². The van der Waals surface area contributed by atoms with E-state index in [0.29, 0.717) is 0 Å². The normalized spacial score (nSPS) is 10.5. The van der Waals surface area contributed by atoms with Crippen molar-refractivity contribution in [1.82, 2.24) is 15.2 Å². The van der Waals surface area contributed by atoms with Gasteiger partial charge in [0.25, 0.3) is 0 Å². The van der Waals surface area contributed by atoms with Gasteiger partial charge in [-0.3, -0.25) is 0 Å². The third kappa shape index (κ3) is 1.73. The molecule has 70 valence electrons. The van der Waals surface area contributed by atoms with Crippen LogP contribution in [0.3, 0.4) is 0 Å². The van der Waals surface area contributed by atoms with Gasteiger partial charge in [-0.15, -0.1) is 0 Å². The SMILES string of the molecule is Cc1cc(-c2cn[nH]c2[As])cc(C)n1. The van der Waals surface area contributed by atoms with Gasteiger partial charge in [0.2, 0.25) is 0 Å². The second-order valence-electron chi connectivity index (χ2n) is 3.27. The van der Waals surface area contributed by atoms with E-state index in [1.54, 1.807) is 0 Å². The van der Waals surface area contributed by atoms with Crippen LogP contribution in [0, 0.1) is 13.8 Å². The number of rotatable bonds is 1. The molecule has 14 heavy (non-hydrogen) atoms. The van der Waals surface area contributed by atoms with Crippen molar-refractivity contribution >= 4 is 21.3 Å². The van der Waals surface area contributed by atoms with Gasteiger partial charge in [-0.2, -0.15) is 0 Å². The standard InChI is InChI=1S/C10H10AsN3/c1-6-3-8(4-7(2)13-6)9-5-12-14-10(9)11/h3-5H,1-2H3,(H,12,14). The Labute approximate surface area is 91.5 Å². The summed E-state index contributed by atoms with van der Waals surface area (Å²) in [6, 6.07) is 4.13. The van der Waals surface area contributed by atoms with Crippen molar-refractivity contribution in [2.45, 2.75) is 13.8 Å². The zero-order valence-corrected chi connectivity index (χ0v) is 9.95. The molecule has 2 heterocycles. The molecule has 1 N–H and O–H groups in total. The molecule has 0 atom stereocenters. The zero-order valence-electron chi connectivity index (χ0n) is 8.07. The van der Waals surface area contributed by atoms with Gasteiger partial charge in [0.05, 0.1) is 0 Å². The Morgan fingerprint density at radius 2 is 1.86 bits per heavy atom. The van der Waals surface area contributed by atoms with Crippen molar-refractivity contribution < 1.29 is 0 Å². The number of aromatic amines is 1. The Hall–Kier alpha value is -1.08. The number of H-pyrrole nitrogens is 1. The molecule has 0 aliphatic carbocycles. The van der Waals surface area contributed by atoms with Crippen LogP contribution >= 0.6 is 0 Å². The van der Waals surface area contributed by atoms with Gasteiger partial charge in [0, 0.05) is 0 Å². The molecule has 0 fully saturated rings. The summed E-state index contributed by atoms with van der Waals surface area (Å²) in [4.78, 5) is 4.34. The molecule has 0 unspecified atom stereocenters. The van der Waals surface area contributed by atoms with Gasteiger partial charge in [-0.1, -0.05) is 0 Å². The molecule has 0 bridgehead atoms. The monoisotopic (exact) mass is 247 g/mol. The summed E-state index contributed by atoms with van der Waals surface area (Å²) in [5, 5.41) is 6.90. The van der Waals surface area contributed by atoms with E-state index >= 15 is 0 Å². The number of aryl methyl sites for hydroxylation is 2. The average molecular weight is 247 g/mol. The maximum atomic E-state index is 4.34. The van der Waals surface area contributed by atoms with Gasteiger partial charge in [0.1, 0.15) is 0 Å². The number of hydrogen-bond donors (Lipinski definition) is 1. The number of nitrogens with zero attached hydrogens (tertiary/aromatic N) is 2. The first-order valence-electron chi connectivity index (χ1n) is 4.35. The molecule has 0 aliphatic heterocycles. The Bertz CT molecular complexity index is 442. The molecule has 0 spiro atoms. The van der Waals surface area contributed by atoms with Crippen molar-refractivity contribution in [3.8, 4) is 11.1 Å². The van der Waals surface area contributed by atoms with E-state index in [2.05, 4.69) is 44.2 Å². The summed E-state index contributed by atoms with van der Waals surface area (Å²) in [6.07, 6.45) is 1.84. The predicted molar refractivity (Wildman–Crippen MR) is 56.7 cm³/mol. The molecule has 0 aliphatic rings. The Morgan fingerprint density at radius 1 is 1.21 bits per heavy atom. The van der Waals surface area contributed by atoms with E-state index < -0.39 is 0 Å². The van der Waals surface area contributed by atoms with Crippen LogP contribution in [0.15, 0.2) is 18.3 Å². The number of aromatic nitrogens is 3. The molecular weight excluding hydrogens is 237 g/mol. The summed E-state index contributed by atoms with van der Waals surface area (Å²) in [5.74, 6) is 0. The van der Waals surface area contributed by atoms with Crippen molar-refractivity contribution in [2.24, 2.45) is 0 Å². The second kappa shape index (κ2) is 3.58. The molecule has 2 aromatic rings. The minimum absolute atomic E-state index is 1.03. The summed E-state index contributed by atoms with van der Waals surface area (Å²) in [6.45, 7) is 4.00. The summed E-state index contributed by atoms with van der Waals surface area (Å²) in [7, 11) is 0. The molecule has 0 amide bonds. The number of pyridine rings is 1. The molecule has 0 saturated carbocycles. The van der Waals surface area contributed by atoms with E-state index in [4.69, 9.17) is 0 Å². The first-order valence-corrected chi connectivity index (χ1v) is 5.28. The van der Waals surface area contributed by atoms with E-state index in [0.717, 1.165) is 21.4 Å². The summed E-state index contributed by atoms with van der Waals surface area (Å²) >= 11 is 2.49. The molecule has 2 rings (SSSR count). The molecule has 4 heteroatoms. The first-order chi connectivity index (χ1) is 6.66. The summed E-state index contributed by atoms with van der Waals surface area (Å²) < 4.78 is 1.03. The molecular formula is C10H10AsN3. The van der Waals surface area contributed by atoms with Crippen LogP contribution in [-0.2, 0) is 0 Å². The average Bonchev–Trinajstić information content (AvgIpc) is 2.49. The third-order valence-electron chi connectivity index (χ3n) is 2.01. The maximum absolute atomic E-state index is 4.34. The van der Waals surface area contributed by atoms with Crippen LogP contribution in [0.4, 0.5) is 0 Å². The van der Waals surface area contributed by atoms with Crippen LogP contribution in [0.25, 0.3) is 11.1 Å². The summed E-state index contributed by atoms with van der Waals surface area (Å²) in [5.41, 5.74) is 4.36.